The van der Waals surface area contributed by atoms with Crippen LogP contribution in [0.1, 0.15) is 17.5 Å². The molecule has 17 heavy (non-hydrogen) atoms. The molecule has 0 spiro atoms. The highest BCUT2D eigenvalue weighted by molar-refractivity contribution is 9.10. The zero-order valence-corrected chi connectivity index (χ0v) is 11.8. The summed E-state index contributed by atoms with van der Waals surface area (Å²) in [7, 11) is 0. The summed E-state index contributed by atoms with van der Waals surface area (Å²) < 4.78 is 1.06. The van der Waals surface area contributed by atoms with Crippen LogP contribution >= 0.6 is 15.9 Å². The molecule has 1 heterocycles. The molecule has 0 saturated carbocycles. The first-order valence-corrected chi connectivity index (χ1v) is 6.52. The summed E-state index contributed by atoms with van der Waals surface area (Å²) >= 11 is 3.48. The number of hydrogen-bond acceptors (Lipinski definition) is 1. The lowest BCUT2D eigenvalue weighted by Gasteiger charge is -2.21. The first kappa shape index (κ1) is 12.4. The predicted molar refractivity (Wildman–Crippen MR) is 74.3 cm³/mol. The molecule has 1 aromatic carbocycles. The van der Waals surface area contributed by atoms with Crippen molar-refractivity contribution in [1.82, 2.24) is 0 Å². The molecule has 0 radical (unpaired) electrons. The van der Waals surface area contributed by atoms with E-state index >= 15 is 0 Å². The second-order valence-corrected chi connectivity index (χ2v) is 5.51. The van der Waals surface area contributed by atoms with Gasteiger partial charge in [0, 0.05) is 29.0 Å². The lowest BCUT2D eigenvalue weighted by atomic mass is 10.1. The van der Waals surface area contributed by atoms with E-state index < -0.39 is 0 Å². The van der Waals surface area contributed by atoms with Crippen molar-refractivity contribution in [3.63, 3.8) is 0 Å². The van der Waals surface area contributed by atoms with Crippen LogP contribution in [0.25, 0.3) is 0 Å². The first-order chi connectivity index (χ1) is 8.02. The van der Waals surface area contributed by atoms with Crippen molar-refractivity contribution >= 4 is 27.5 Å². The third kappa shape index (κ3) is 2.29. The molecule has 1 aliphatic rings. The Hall–Kier alpha value is -1.09. The molecule has 2 rings (SSSR count). The molecular formula is C14H16BrNO. The second-order valence-electron chi connectivity index (χ2n) is 4.59. The van der Waals surface area contributed by atoms with Gasteiger partial charge in [-0.3, -0.25) is 4.79 Å². The van der Waals surface area contributed by atoms with Crippen LogP contribution in [0.3, 0.4) is 0 Å². The zero-order valence-electron chi connectivity index (χ0n) is 10.2. The van der Waals surface area contributed by atoms with Crippen LogP contribution in [-0.4, -0.2) is 12.5 Å². The van der Waals surface area contributed by atoms with E-state index in [1.54, 1.807) is 0 Å². The molecule has 3 heteroatoms. The highest BCUT2D eigenvalue weighted by Gasteiger charge is 2.30. The summed E-state index contributed by atoms with van der Waals surface area (Å²) in [6.45, 7) is 8.62. The molecule has 0 N–H and O–H groups in total. The number of nitrogens with zero attached hydrogens (tertiary/aromatic N) is 1. The normalized spacial score (nSPS) is 19.8. The fraction of sp³-hybridized carbons (Fsp3) is 0.357. The van der Waals surface area contributed by atoms with Gasteiger partial charge in [0.1, 0.15) is 0 Å². The van der Waals surface area contributed by atoms with E-state index in [2.05, 4.69) is 34.6 Å². The Labute approximate surface area is 110 Å². The molecule has 1 amide bonds. The van der Waals surface area contributed by atoms with Gasteiger partial charge in [-0.05, 0) is 37.1 Å². The largest absolute Gasteiger partial charge is 0.311 e. The van der Waals surface area contributed by atoms with Crippen molar-refractivity contribution in [3.8, 4) is 0 Å². The molecule has 90 valence electrons. The monoisotopic (exact) mass is 293 g/mol. The minimum absolute atomic E-state index is 0.198. The maximum absolute atomic E-state index is 12.0. The molecule has 0 aromatic heterocycles. The van der Waals surface area contributed by atoms with Crippen LogP contribution in [0.2, 0.25) is 0 Å². The molecule has 1 aliphatic heterocycles. The molecule has 0 bridgehead atoms. The van der Waals surface area contributed by atoms with Gasteiger partial charge in [0.2, 0.25) is 5.91 Å². The Bertz CT molecular complexity index is 458. The summed E-state index contributed by atoms with van der Waals surface area (Å²) in [5, 5.41) is 0. The van der Waals surface area contributed by atoms with Gasteiger partial charge in [-0.25, -0.2) is 0 Å². The topological polar surface area (TPSA) is 20.3 Å². The van der Waals surface area contributed by atoms with Gasteiger partial charge in [0.15, 0.2) is 0 Å². The van der Waals surface area contributed by atoms with Crippen molar-refractivity contribution in [2.45, 2.75) is 20.3 Å². The standard InChI is InChI=1S/C14H16BrNO/c1-4-11-7-13(17)16(8-11)14-9(2)5-12(15)6-10(14)3/h4-6,11H,1,7-8H2,2-3H3. The Morgan fingerprint density at radius 2 is 2.00 bits per heavy atom. The third-order valence-electron chi connectivity index (χ3n) is 3.21. The number of aryl methyl sites for hydroxylation is 2. The number of rotatable bonds is 2. The smallest absolute Gasteiger partial charge is 0.227 e. The Kier molecular flexibility index (Phi) is 3.38. The molecular weight excluding hydrogens is 278 g/mol. The zero-order chi connectivity index (χ0) is 12.6. The van der Waals surface area contributed by atoms with E-state index in [9.17, 15) is 4.79 Å². The molecule has 2 nitrogen and oxygen atoms in total. The maximum Gasteiger partial charge on any atom is 0.227 e. The average Bonchev–Trinajstić information content (AvgIpc) is 2.59. The summed E-state index contributed by atoms with van der Waals surface area (Å²) in [5.74, 6) is 0.480. The first-order valence-electron chi connectivity index (χ1n) is 5.72. The van der Waals surface area contributed by atoms with E-state index in [0.717, 1.165) is 27.8 Å². The van der Waals surface area contributed by atoms with E-state index in [1.807, 2.05) is 24.8 Å². The van der Waals surface area contributed by atoms with Crippen molar-refractivity contribution < 1.29 is 4.79 Å². The van der Waals surface area contributed by atoms with Gasteiger partial charge < -0.3 is 4.90 Å². The molecule has 1 aromatic rings. The van der Waals surface area contributed by atoms with Crippen LogP contribution in [0, 0.1) is 19.8 Å². The number of carbonyl (C=O) groups excluding carboxylic acids is 1. The molecule has 1 saturated heterocycles. The van der Waals surface area contributed by atoms with Crippen molar-refractivity contribution in [2.24, 2.45) is 5.92 Å². The minimum Gasteiger partial charge on any atom is -0.311 e. The van der Waals surface area contributed by atoms with Crippen molar-refractivity contribution in [2.75, 3.05) is 11.4 Å². The number of benzene rings is 1. The number of amides is 1. The summed E-state index contributed by atoms with van der Waals surface area (Å²) in [5.41, 5.74) is 3.33. The molecule has 1 atom stereocenters. The maximum atomic E-state index is 12.0. The number of halogens is 1. The van der Waals surface area contributed by atoms with Crippen LogP contribution in [0.5, 0.6) is 0 Å². The molecule has 1 unspecified atom stereocenters. The Morgan fingerprint density at radius 3 is 2.47 bits per heavy atom. The quantitative estimate of drug-likeness (QED) is 0.763. The summed E-state index contributed by atoms with van der Waals surface area (Å²) in [4.78, 5) is 13.9. The highest BCUT2D eigenvalue weighted by atomic mass is 79.9. The van der Waals surface area contributed by atoms with Gasteiger partial charge in [-0.2, -0.15) is 0 Å². The van der Waals surface area contributed by atoms with Crippen LogP contribution in [-0.2, 0) is 4.79 Å². The Morgan fingerprint density at radius 1 is 1.41 bits per heavy atom. The fourth-order valence-electron chi connectivity index (χ4n) is 2.44. The van der Waals surface area contributed by atoms with E-state index in [0.29, 0.717) is 6.42 Å². The van der Waals surface area contributed by atoms with Crippen LogP contribution in [0.4, 0.5) is 5.69 Å². The van der Waals surface area contributed by atoms with E-state index in [1.165, 1.54) is 0 Å². The van der Waals surface area contributed by atoms with Crippen molar-refractivity contribution in [1.29, 1.82) is 0 Å². The summed E-state index contributed by atoms with van der Waals surface area (Å²) in [6.07, 6.45) is 2.46. The Balaban J connectivity index is 2.41. The third-order valence-corrected chi connectivity index (χ3v) is 3.67. The lowest BCUT2D eigenvalue weighted by Crippen LogP contribution is -2.26. The highest BCUT2D eigenvalue weighted by Crippen LogP contribution is 2.33. The lowest BCUT2D eigenvalue weighted by molar-refractivity contribution is -0.117. The minimum atomic E-state index is 0.198. The van der Waals surface area contributed by atoms with Gasteiger partial charge in [0.25, 0.3) is 0 Å². The van der Waals surface area contributed by atoms with E-state index in [4.69, 9.17) is 0 Å². The molecule has 0 aliphatic carbocycles. The predicted octanol–water partition coefficient (Wildman–Crippen LogP) is 3.60. The van der Waals surface area contributed by atoms with Gasteiger partial charge in [-0.1, -0.05) is 22.0 Å². The van der Waals surface area contributed by atoms with Crippen LogP contribution in [0.15, 0.2) is 29.3 Å². The van der Waals surface area contributed by atoms with Crippen LogP contribution < -0.4 is 4.90 Å². The second kappa shape index (κ2) is 4.65. The van der Waals surface area contributed by atoms with Gasteiger partial charge in [-0.15, -0.1) is 6.58 Å². The number of hydrogen-bond donors (Lipinski definition) is 0. The average molecular weight is 294 g/mol. The van der Waals surface area contributed by atoms with Gasteiger partial charge in [0.05, 0.1) is 0 Å². The number of carbonyl (C=O) groups is 1. The number of anilines is 1. The SMILES string of the molecule is C=CC1CC(=O)N(c2c(C)cc(Br)cc2C)C1. The van der Waals surface area contributed by atoms with Crippen molar-refractivity contribution in [3.05, 3.63) is 40.4 Å². The van der Waals surface area contributed by atoms with E-state index in [-0.39, 0.29) is 11.8 Å². The molecule has 1 fully saturated rings. The summed E-state index contributed by atoms with van der Waals surface area (Å²) in [6, 6.07) is 4.10. The van der Waals surface area contributed by atoms with Gasteiger partial charge >= 0.3 is 0 Å². The fourth-order valence-corrected chi connectivity index (χ4v) is 3.12.